The molecule has 5 heteroatoms. The Labute approximate surface area is 136 Å². The molecule has 0 radical (unpaired) electrons. The van der Waals surface area contributed by atoms with Gasteiger partial charge in [0.05, 0.1) is 11.6 Å². The molecule has 0 aliphatic carbocycles. The van der Waals surface area contributed by atoms with Crippen molar-refractivity contribution in [1.82, 2.24) is 10.6 Å². The van der Waals surface area contributed by atoms with E-state index in [-0.39, 0.29) is 23.7 Å². The quantitative estimate of drug-likeness (QED) is 0.900. The van der Waals surface area contributed by atoms with Gasteiger partial charge in [-0.05, 0) is 37.5 Å². The Hall–Kier alpha value is -1.20. The van der Waals surface area contributed by atoms with Gasteiger partial charge >= 0.3 is 6.03 Å². The summed E-state index contributed by atoms with van der Waals surface area (Å²) in [4.78, 5) is 12.2. The van der Waals surface area contributed by atoms with Crippen LogP contribution in [0, 0.1) is 0 Å². The highest BCUT2D eigenvalue weighted by molar-refractivity contribution is 7.99. The Kier molecular flexibility index (Phi) is 4.93. The molecule has 2 aliphatic heterocycles. The third kappa shape index (κ3) is 3.76. The number of hydrogen-bond donors (Lipinski definition) is 2. The zero-order valence-corrected chi connectivity index (χ0v) is 13.8. The third-order valence-electron chi connectivity index (χ3n) is 4.54. The number of thioether (sulfide) groups is 1. The fraction of sp³-hybridized carbons (Fsp3) is 0.588. The lowest BCUT2D eigenvalue weighted by molar-refractivity contribution is -0.0684. The molecule has 22 heavy (non-hydrogen) atoms. The maximum atomic E-state index is 12.2. The van der Waals surface area contributed by atoms with Crippen LogP contribution >= 0.6 is 11.8 Å². The van der Waals surface area contributed by atoms with Gasteiger partial charge in [0.15, 0.2) is 0 Å². The second-order valence-corrected chi connectivity index (χ2v) is 7.38. The van der Waals surface area contributed by atoms with Crippen LogP contribution in [-0.2, 0) is 4.74 Å². The molecule has 0 bridgehead atoms. The van der Waals surface area contributed by atoms with E-state index < -0.39 is 0 Å². The molecule has 0 saturated carbocycles. The van der Waals surface area contributed by atoms with Crippen LogP contribution in [0.2, 0.25) is 0 Å². The van der Waals surface area contributed by atoms with Gasteiger partial charge in [-0.25, -0.2) is 4.79 Å². The molecule has 120 valence electrons. The average molecular weight is 320 g/mol. The molecule has 0 aromatic heterocycles. The van der Waals surface area contributed by atoms with Crippen LogP contribution in [0.5, 0.6) is 0 Å². The maximum absolute atomic E-state index is 12.2. The van der Waals surface area contributed by atoms with Crippen LogP contribution < -0.4 is 10.6 Å². The number of nitrogens with one attached hydrogen (secondary N) is 2. The summed E-state index contributed by atoms with van der Waals surface area (Å²) < 4.78 is 6.00. The minimum atomic E-state index is -0.0796. The van der Waals surface area contributed by atoms with Crippen molar-refractivity contribution in [2.24, 2.45) is 0 Å². The van der Waals surface area contributed by atoms with Crippen molar-refractivity contribution in [3.63, 3.8) is 0 Å². The first-order valence-electron chi connectivity index (χ1n) is 8.01. The van der Waals surface area contributed by atoms with Gasteiger partial charge in [-0.2, -0.15) is 11.8 Å². The van der Waals surface area contributed by atoms with E-state index in [0.717, 1.165) is 37.2 Å². The Balaban J connectivity index is 1.51. The molecule has 2 fully saturated rings. The van der Waals surface area contributed by atoms with E-state index in [1.807, 2.05) is 49.0 Å². The summed E-state index contributed by atoms with van der Waals surface area (Å²) in [5.41, 5.74) is 1.12. The van der Waals surface area contributed by atoms with Crippen molar-refractivity contribution in [3.05, 3.63) is 35.9 Å². The first kappa shape index (κ1) is 15.7. The SMILES string of the molecule is CC(NC(=O)NC1CCOC2(CCSC2)C1)c1ccccc1. The van der Waals surface area contributed by atoms with Gasteiger partial charge in [0.25, 0.3) is 0 Å². The topological polar surface area (TPSA) is 50.4 Å². The van der Waals surface area contributed by atoms with Crippen LogP contribution in [0.4, 0.5) is 4.79 Å². The van der Waals surface area contributed by atoms with Crippen molar-refractivity contribution >= 4 is 17.8 Å². The van der Waals surface area contributed by atoms with E-state index in [4.69, 9.17) is 4.74 Å². The first-order chi connectivity index (χ1) is 10.7. The van der Waals surface area contributed by atoms with Gasteiger partial charge in [-0.3, -0.25) is 0 Å². The molecular formula is C17H24N2O2S. The van der Waals surface area contributed by atoms with Crippen molar-refractivity contribution < 1.29 is 9.53 Å². The molecule has 4 nitrogen and oxygen atoms in total. The van der Waals surface area contributed by atoms with E-state index in [1.165, 1.54) is 5.75 Å². The van der Waals surface area contributed by atoms with E-state index in [1.54, 1.807) is 0 Å². The second kappa shape index (κ2) is 6.92. The lowest BCUT2D eigenvalue weighted by Crippen LogP contribution is -2.51. The molecule has 2 aliphatic rings. The van der Waals surface area contributed by atoms with Crippen molar-refractivity contribution in [2.45, 2.75) is 43.9 Å². The number of rotatable bonds is 3. The fourth-order valence-corrected chi connectivity index (χ4v) is 4.64. The van der Waals surface area contributed by atoms with Crippen molar-refractivity contribution in [1.29, 1.82) is 0 Å². The number of urea groups is 1. The molecule has 3 rings (SSSR count). The molecule has 2 N–H and O–H groups in total. The third-order valence-corrected chi connectivity index (χ3v) is 5.77. The Morgan fingerprint density at radius 3 is 2.95 bits per heavy atom. The number of ether oxygens (including phenoxy) is 1. The minimum Gasteiger partial charge on any atom is -0.374 e. The van der Waals surface area contributed by atoms with Gasteiger partial charge in [-0.1, -0.05) is 30.3 Å². The highest BCUT2D eigenvalue weighted by Gasteiger charge is 2.40. The van der Waals surface area contributed by atoms with Crippen LogP contribution in [0.25, 0.3) is 0 Å². The number of benzene rings is 1. The summed E-state index contributed by atoms with van der Waals surface area (Å²) >= 11 is 1.95. The second-order valence-electron chi connectivity index (χ2n) is 6.27. The minimum absolute atomic E-state index is 0.00586. The maximum Gasteiger partial charge on any atom is 0.315 e. The van der Waals surface area contributed by atoms with Crippen LogP contribution in [0.3, 0.4) is 0 Å². The lowest BCUT2D eigenvalue weighted by Gasteiger charge is -2.38. The molecule has 3 atom stereocenters. The fourth-order valence-electron chi connectivity index (χ4n) is 3.26. The molecule has 2 heterocycles. The Bertz CT molecular complexity index is 503. The number of carbonyl (C=O) groups excluding carboxylic acids is 1. The predicted octanol–water partition coefficient (Wildman–Crippen LogP) is 3.10. The normalized spacial score (nSPS) is 29.2. The Morgan fingerprint density at radius 1 is 1.41 bits per heavy atom. The van der Waals surface area contributed by atoms with Gasteiger partial charge < -0.3 is 15.4 Å². The molecule has 2 amide bonds. The summed E-state index contributed by atoms with van der Waals surface area (Å²) in [6.07, 6.45) is 2.95. The zero-order chi connectivity index (χ0) is 15.4. The summed E-state index contributed by atoms with van der Waals surface area (Å²) in [6, 6.07) is 10.2. The van der Waals surface area contributed by atoms with Gasteiger partial charge in [0, 0.05) is 18.4 Å². The molecule has 3 unspecified atom stereocenters. The first-order valence-corrected chi connectivity index (χ1v) is 9.16. The average Bonchev–Trinajstić information content (AvgIpc) is 2.95. The molecule has 1 aromatic rings. The molecular weight excluding hydrogens is 296 g/mol. The number of carbonyl (C=O) groups is 1. The van der Waals surface area contributed by atoms with E-state index in [2.05, 4.69) is 10.6 Å². The van der Waals surface area contributed by atoms with Crippen LogP contribution in [0.1, 0.15) is 37.8 Å². The number of hydrogen-bond acceptors (Lipinski definition) is 3. The Morgan fingerprint density at radius 2 is 2.23 bits per heavy atom. The smallest absolute Gasteiger partial charge is 0.315 e. The molecule has 1 spiro atoms. The summed E-state index contributed by atoms with van der Waals surface area (Å²) in [5.74, 6) is 2.23. The van der Waals surface area contributed by atoms with Gasteiger partial charge in [0.2, 0.25) is 0 Å². The lowest BCUT2D eigenvalue weighted by atomic mass is 9.90. The monoisotopic (exact) mass is 320 g/mol. The van der Waals surface area contributed by atoms with Crippen molar-refractivity contribution in [2.75, 3.05) is 18.1 Å². The van der Waals surface area contributed by atoms with Crippen LogP contribution in [0.15, 0.2) is 30.3 Å². The molecule has 1 aromatic carbocycles. The summed E-state index contributed by atoms with van der Waals surface area (Å²) in [5, 5.41) is 6.16. The van der Waals surface area contributed by atoms with Gasteiger partial charge in [0.1, 0.15) is 0 Å². The number of amides is 2. The van der Waals surface area contributed by atoms with E-state index in [9.17, 15) is 4.79 Å². The van der Waals surface area contributed by atoms with Gasteiger partial charge in [-0.15, -0.1) is 0 Å². The van der Waals surface area contributed by atoms with E-state index in [0.29, 0.717) is 0 Å². The van der Waals surface area contributed by atoms with E-state index >= 15 is 0 Å². The van der Waals surface area contributed by atoms with Crippen molar-refractivity contribution in [3.8, 4) is 0 Å². The zero-order valence-electron chi connectivity index (χ0n) is 13.0. The highest BCUT2D eigenvalue weighted by atomic mass is 32.2. The summed E-state index contributed by atoms with van der Waals surface area (Å²) in [6.45, 7) is 2.76. The molecule has 2 saturated heterocycles. The highest BCUT2D eigenvalue weighted by Crippen LogP contribution is 2.38. The largest absolute Gasteiger partial charge is 0.374 e. The standard InChI is InChI=1S/C17H24N2O2S/c1-13(14-5-3-2-4-6-14)18-16(20)19-15-7-9-21-17(11-15)8-10-22-12-17/h2-6,13,15H,7-12H2,1H3,(H2,18,19,20). The predicted molar refractivity (Wildman–Crippen MR) is 90.2 cm³/mol. The van der Waals surface area contributed by atoms with Crippen LogP contribution in [-0.4, -0.2) is 35.8 Å². The summed E-state index contributed by atoms with van der Waals surface area (Å²) in [7, 11) is 0.